The number of piperidine rings is 3. The molecule has 0 spiro atoms. The monoisotopic (exact) mass is 462 g/mol. The quantitative estimate of drug-likeness (QED) is 0.603. The zero-order chi connectivity index (χ0) is 17.9. The van der Waals surface area contributed by atoms with Crippen molar-refractivity contribution in [3.05, 3.63) is 63.6 Å². The summed E-state index contributed by atoms with van der Waals surface area (Å²) in [6, 6.07) is 14.2. The van der Waals surface area contributed by atoms with Gasteiger partial charge in [0, 0.05) is 34.7 Å². The van der Waals surface area contributed by atoms with Crippen LogP contribution >= 0.6 is 48.0 Å². The molecule has 0 aliphatic carbocycles. The molecule has 3 fully saturated rings. The lowest BCUT2D eigenvalue weighted by Gasteiger charge is -2.45. The maximum atomic E-state index is 6.23. The van der Waals surface area contributed by atoms with Crippen LogP contribution < -0.4 is 10.1 Å². The minimum atomic E-state index is 0. The fourth-order valence-corrected chi connectivity index (χ4v) is 4.33. The topological polar surface area (TPSA) is 24.5 Å². The second kappa shape index (κ2) is 10.9. The summed E-state index contributed by atoms with van der Waals surface area (Å²) in [5, 5.41) is 5.23. The van der Waals surface area contributed by atoms with Crippen molar-refractivity contribution >= 4 is 48.0 Å². The van der Waals surface area contributed by atoms with Crippen molar-refractivity contribution in [3.63, 3.8) is 0 Å². The maximum absolute atomic E-state index is 6.23. The number of benzene rings is 2. The number of nitrogens with one attached hydrogen (secondary N) is 1. The number of halogens is 4. The Kier molecular flexibility index (Phi) is 9.20. The van der Waals surface area contributed by atoms with Gasteiger partial charge in [0.25, 0.3) is 0 Å². The van der Waals surface area contributed by atoms with Gasteiger partial charge in [-0.1, -0.05) is 35.3 Å². The van der Waals surface area contributed by atoms with E-state index in [4.69, 9.17) is 27.9 Å². The molecule has 2 aromatic rings. The highest BCUT2D eigenvalue weighted by Gasteiger charge is 2.33. The molecule has 3 aliphatic rings. The van der Waals surface area contributed by atoms with Crippen LogP contribution in [0.1, 0.15) is 24.0 Å². The molecule has 2 aromatic carbocycles. The third-order valence-corrected chi connectivity index (χ3v) is 6.03. The first kappa shape index (κ1) is 23.6. The SMILES string of the molecule is Cl.Cl.Clc1ccc(COc2ccc(Cl)cc2CNC2CN3CCC2CC3)cc1. The number of rotatable bonds is 6. The first-order chi connectivity index (χ1) is 12.7. The van der Waals surface area contributed by atoms with Gasteiger partial charge in [0.1, 0.15) is 12.4 Å². The summed E-state index contributed by atoms with van der Waals surface area (Å²) in [6.45, 7) is 4.98. The zero-order valence-corrected chi connectivity index (χ0v) is 18.7. The summed E-state index contributed by atoms with van der Waals surface area (Å²) in [7, 11) is 0. The van der Waals surface area contributed by atoms with Gasteiger partial charge in [-0.2, -0.15) is 0 Å². The number of hydrogen-bond acceptors (Lipinski definition) is 3. The number of hydrogen-bond donors (Lipinski definition) is 1. The van der Waals surface area contributed by atoms with Crippen molar-refractivity contribution in [2.45, 2.75) is 32.0 Å². The van der Waals surface area contributed by atoms with Gasteiger partial charge >= 0.3 is 0 Å². The van der Waals surface area contributed by atoms with Crippen molar-refractivity contribution < 1.29 is 4.74 Å². The van der Waals surface area contributed by atoms with Gasteiger partial charge in [0.15, 0.2) is 0 Å². The Balaban J connectivity index is 0.00000140. The van der Waals surface area contributed by atoms with Gasteiger partial charge in [0.2, 0.25) is 0 Å². The zero-order valence-electron chi connectivity index (χ0n) is 15.6. The van der Waals surface area contributed by atoms with Crippen LogP contribution in [0.4, 0.5) is 0 Å². The van der Waals surface area contributed by atoms with Crippen LogP contribution in [0.25, 0.3) is 0 Å². The normalized spacial score (nSPS) is 22.9. The molecule has 1 unspecified atom stereocenters. The second-order valence-corrected chi connectivity index (χ2v) is 8.17. The Labute approximate surface area is 189 Å². The minimum Gasteiger partial charge on any atom is -0.489 e. The fourth-order valence-electron chi connectivity index (χ4n) is 4.01. The van der Waals surface area contributed by atoms with Crippen LogP contribution in [-0.2, 0) is 13.2 Å². The minimum absolute atomic E-state index is 0. The average Bonchev–Trinajstić information content (AvgIpc) is 2.68. The summed E-state index contributed by atoms with van der Waals surface area (Å²) in [4.78, 5) is 2.56. The molecule has 3 nitrogen and oxygen atoms in total. The van der Waals surface area contributed by atoms with Gasteiger partial charge in [-0.05, 0) is 67.7 Å². The van der Waals surface area contributed by atoms with E-state index in [0.29, 0.717) is 12.6 Å². The maximum Gasteiger partial charge on any atom is 0.124 e. The van der Waals surface area contributed by atoms with Crippen molar-refractivity contribution in [1.82, 2.24) is 10.2 Å². The van der Waals surface area contributed by atoms with E-state index in [9.17, 15) is 0 Å². The summed E-state index contributed by atoms with van der Waals surface area (Å²) < 4.78 is 6.07. The molecule has 2 bridgehead atoms. The molecule has 3 saturated heterocycles. The van der Waals surface area contributed by atoms with Crippen molar-refractivity contribution in [3.8, 4) is 5.75 Å². The molecule has 3 aliphatic heterocycles. The predicted molar refractivity (Wildman–Crippen MR) is 122 cm³/mol. The molecular weight excluding hydrogens is 438 g/mol. The van der Waals surface area contributed by atoms with Crippen molar-refractivity contribution in [2.75, 3.05) is 19.6 Å². The van der Waals surface area contributed by atoms with E-state index in [1.807, 2.05) is 42.5 Å². The number of fused-ring (bicyclic) bond motifs is 3. The van der Waals surface area contributed by atoms with Crippen LogP contribution in [0.5, 0.6) is 5.75 Å². The lowest BCUT2D eigenvalue weighted by molar-refractivity contribution is 0.0718. The Bertz CT molecular complexity index is 749. The highest BCUT2D eigenvalue weighted by Crippen LogP contribution is 2.29. The molecule has 0 amide bonds. The van der Waals surface area contributed by atoms with E-state index in [0.717, 1.165) is 45.9 Å². The molecule has 3 heterocycles. The Morgan fingerprint density at radius 3 is 2.29 bits per heavy atom. The standard InChI is InChI=1S/C21H24Cl2N2O.2ClH/c22-18-3-1-15(2-4-18)14-26-21-6-5-19(23)11-17(21)12-24-20-13-25-9-7-16(20)8-10-25;;/h1-6,11,16,20,24H,7-10,12-14H2;2*1H. The van der Waals surface area contributed by atoms with E-state index < -0.39 is 0 Å². The molecule has 0 aromatic heterocycles. The molecule has 28 heavy (non-hydrogen) atoms. The first-order valence-electron chi connectivity index (χ1n) is 9.29. The first-order valence-corrected chi connectivity index (χ1v) is 10.0. The molecule has 5 rings (SSSR count). The molecule has 154 valence electrons. The molecular formula is C21H26Cl4N2O. The smallest absolute Gasteiger partial charge is 0.124 e. The Morgan fingerprint density at radius 2 is 1.64 bits per heavy atom. The van der Waals surface area contributed by atoms with Gasteiger partial charge in [0.05, 0.1) is 0 Å². The van der Waals surface area contributed by atoms with Crippen molar-refractivity contribution in [2.24, 2.45) is 5.92 Å². The van der Waals surface area contributed by atoms with Crippen LogP contribution in [0, 0.1) is 5.92 Å². The molecule has 1 N–H and O–H groups in total. The average molecular weight is 464 g/mol. The summed E-state index contributed by atoms with van der Waals surface area (Å²) in [5.74, 6) is 1.69. The fraction of sp³-hybridized carbons (Fsp3) is 0.429. The molecule has 0 radical (unpaired) electrons. The van der Waals surface area contributed by atoms with Gasteiger partial charge in [-0.3, -0.25) is 0 Å². The number of nitrogens with zero attached hydrogens (tertiary/aromatic N) is 1. The lowest BCUT2D eigenvalue weighted by atomic mass is 9.84. The molecule has 7 heteroatoms. The van der Waals surface area contributed by atoms with E-state index in [2.05, 4.69) is 10.2 Å². The van der Waals surface area contributed by atoms with Gasteiger partial charge in [-0.15, -0.1) is 24.8 Å². The molecule has 1 atom stereocenters. The summed E-state index contributed by atoms with van der Waals surface area (Å²) >= 11 is 12.2. The van der Waals surface area contributed by atoms with Crippen LogP contribution in [0.2, 0.25) is 10.0 Å². The predicted octanol–water partition coefficient (Wildman–Crippen LogP) is 5.60. The van der Waals surface area contributed by atoms with E-state index in [1.54, 1.807) is 0 Å². The van der Waals surface area contributed by atoms with Crippen LogP contribution in [-0.4, -0.2) is 30.6 Å². The highest BCUT2D eigenvalue weighted by atomic mass is 35.5. The van der Waals surface area contributed by atoms with Crippen molar-refractivity contribution in [1.29, 1.82) is 0 Å². The van der Waals surface area contributed by atoms with Crippen LogP contribution in [0.3, 0.4) is 0 Å². The second-order valence-electron chi connectivity index (χ2n) is 7.29. The number of ether oxygens (including phenoxy) is 1. The van der Waals surface area contributed by atoms with Crippen LogP contribution in [0.15, 0.2) is 42.5 Å². The van der Waals surface area contributed by atoms with Gasteiger partial charge in [-0.25, -0.2) is 0 Å². The van der Waals surface area contributed by atoms with Gasteiger partial charge < -0.3 is 15.0 Å². The Morgan fingerprint density at radius 1 is 0.964 bits per heavy atom. The largest absolute Gasteiger partial charge is 0.489 e. The summed E-state index contributed by atoms with van der Waals surface area (Å²) in [6.07, 6.45) is 2.63. The van der Waals surface area contributed by atoms with E-state index in [-0.39, 0.29) is 24.8 Å². The Hall–Kier alpha value is -0.680. The summed E-state index contributed by atoms with van der Waals surface area (Å²) in [5.41, 5.74) is 2.21. The molecule has 0 saturated carbocycles. The van der Waals surface area contributed by atoms with E-state index >= 15 is 0 Å². The van der Waals surface area contributed by atoms with E-state index in [1.165, 1.54) is 25.9 Å². The highest BCUT2D eigenvalue weighted by molar-refractivity contribution is 6.30. The third-order valence-electron chi connectivity index (χ3n) is 5.54. The lowest BCUT2D eigenvalue weighted by Crippen LogP contribution is -2.55. The third kappa shape index (κ3) is 5.91.